The van der Waals surface area contributed by atoms with Gasteiger partial charge in [-0.05, 0) is 36.6 Å². The number of aliphatic carboxylic acids is 1. The Hall–Kier alpha value is -4.47. The number of para-hydroxylation sites is 1. The molecule has 1 amide bonds. The highest BCUT2D eigenvalue weighted by Crippen LogP contribution is 2.27. The maximum atomic E-state index is 13.4. The number of carboxylic acid groups (broad SMARTS) is 1. The third-order valence-corrected chi connectivity index (χ3v) is 6.00. The zero-order valence-electron chi connectivity index (χ0n) is 20.6. The van der Waals surface area contributed by atoms with E-state index in [0.29, 0.717) is 47.4 Å². The Bertz CT molecular complexity index is 1460. The highest BCUT2D eigenvalue weighted by Gasteiger charge is 2.21. The van der Waals surface area contributed by atoms with Crippen molar-refractivity contribution in [3.8, 4) is 22.8 Å². The van der Waals surface area contributed by atoms with Crippen LogP contribution in [0.25, 0.3) is 28.0 Å². The molecule has 2 heterocycles. The largest absolute Gasteiger partial charge is 0.483 e. The third-order valence-electron chi connectivity index (χ3n) is 6.00. The molecule has 0 aliphatic heterocycles. The van der Waals surface area contributed by atoms with Crippen molar-refractivity contribution in [2.24, 2.45) is 0 Å². The summed E-state index contributed by atoms with van der Waals surface area (Å²) in [5.74, 6) is -0.882. The van der Waals surface area contributed by atoms with E-state index in [1.165, 1.54) is 12.6 Å². The maximum absolute atomic E-state index is 13.4. The summed E-state index contributed by atoms with van der Waals surface area (Å²) >= 11 is 0. The fourth-order valence-corrected chi connectivity index (χ4v) is 4.01. The lowest BCUT2D eigenvalue weighted by Crippen LogP contribution is -2.42. The molecule has 0 saturated carbocycles. The predicted molar refractivity (Wildman–Crippen MR) is 137 cm³/mol. The van der Waals surface area contributed by atoms with Gasteiger partial charge < -0.3 is 19.6 Å². The number of rotatable bonds is 11. The Labute approximate surface area is 212 Å². The van der Waals surface area contributed by atoms with E-state index in [-0.39, 0.29) is 17.6 Å². The number of nitrogens with zero attached hydrogens (tertiary/aromatic N) is 3. The van der Waals surface area contributed by atoms with Crippen molar-refractivity contribution in [3.63, 3.8) is 0 Å². The van der Waals surface area contributed by atoms with Gasteiger partial charge in [0.1, 0.15) is 35.5 Å². The van der Waals surface area contributed by atoms with E-state index in [1.54, 1.807) is 16.7 Å². The van der Waals surface area contributed by atoms with Crippen molar-refractivity contribution < 1.29 is 23.8 Å². The molecule has 0 radical (unpaired) electrons. The van der Waals surface area contributed by atoms with Crippen LogP contribution in [-0.2, 0) is 16.0 Å². The number of aromatic nitrogens is 3. The molecule has 4 aromatic rings. The number of carboxylic acids is 1. The smallest absolute Gasteiger partial charge is 0.326 e. The Balaban J connectivity index is 1.59. The molecule has 4 rings (SSSR count). The van der Waals surface area contributed by atoms with E-state index in [4.69, 9.17) is 9.15 Å². The first-order chi connectivity index (χ1) is 17.9. The maximum Gasteiger partial charge on any atom is 0.326 e. The standard InChI is InChI=1S/C27H28N4O6/c1-3-5-11-21(27(34)35)29-24(32)15-37-22-13-23-19(12-17(22)4-2)25(33)20(14-36-23)26-30-28-16-31(26)18-9-7-6-8-10-18/h6-10,12-14,16,21H,3-5,11,15H2,1-2H3,(H,29,32)(H,34,35). The fourth-order valence-electron chi connectivity index (χ4n) is 4.01. The second-order valence-corrected chi connectivity index (χ2v) is 8.54. The van der Waals surface area contributed by atoms with Crippen molar-refractivity contribution in [2.75, 3.05) is 6.61 Å². The zero-order chi connectivity index (χ0) is 26.4. The molecule has 192 valence electrons. The highest BCUT2D eigenvalue weighted by molar-refractivity contribution is 5.85. The van der Waals surface area contributed by atoms with Gasteiger partial charge in [0.15, 0.2) is 12.4 Å². The van der Waals surface area contributed by atoms with Crippen molar-refractivity contribution in [1.82, 2.24) is 20.1 Å². The van der Waals surface area contributed by atoms with Crippen LogP contribution < -0.4 is 15.5 Å². The van der Waals surface area contributed by atoms with Gasteiger partial charge in [-0.15, -0.1) is 10.2 Å². The summed E-state index contributed by atoms with van der Waals surface area (Å²) in [7, 11) is 0. The number of ether oxygens (including phenoxy) is 1. The second kappa shape index (κ2) is 11.5. The van der Waals surface area contributed by atoms with Crippen LogP contribution >= 0.6 is 0 Å². The summed E-state index contributed by atoms with van der Waals surface area (Å²) in [6.07, 6.45) is 5.26. The lowest BCUT2D eigenvalue weighted by atomic mass is 10.1. The number of hydrogen-bond acceptors (Lipinski definition) is 7. The van der Waals surface area contributed by atoms with Crippen LogP contribution in [0.1, 0.15) is 38.7 Å². The molecule has 0 saturated heterocycles. The van der Waals surface area contributed by atoms with Crippen LogP contribution in [0.3, 0.4) is 0 Å². The molecule has 2 N–H and O–H groups in total. The van der Waals surface area contributed by atoms with Crippen molar-refractivity contribution in [1.29, 1.82) is 0 Å². The number of hydrogen-bond donors (Lipinski definition) is 2. The van der Waals surface area contributed by atoms with Crippen molar-refractivity contribution >= 4 is 22.8 Å². The first-order valence-corrected chi connectivity index (χ1v) is 12.1. The molecule has 10 nitrogen and oxygen atoms in total. The van der Waals surface area contributed by atoms with E-state index in [9.17, 15) is 19.5 Å². The number of aryl methyl sites for hydroxylation is 1. The van der Waals surface area contributed by atoms with E-state index in [1.807, 2.05) is 44.2 Å². The minimum atomic E-state index is -1.08. The number of nitrogens with one attached hydrogen (secondary N) is 1. The number of unbranched alkanes of at least 4 members (excludes halogenated alkanes) is 1. The first-order valence-electron chi connectivity index (χ1n) is 12.1. The van der Waals surface area contributed by atoms with Crippen LogP contribution in [0.4, 0.5) is 0 Å². The van der Waals surface area contributed by atoms with Gasteiger partial charge in [-0.25, -0.2) is 4.79 Å². The lowest BCUT2D eigenvalue weighted by Gasteiger charge is -2.15. The molecule has 2 aromatic carbocycles. The van der Waals surface area contributed by atoms with Gasteiger partial charge >= 0.3 is 5.97 Å². The monoisotopic (exact) mass is 504 g/mol. The summed E-state index contributed by atoms with van der Waals surface area (Å²) < 4.78 is 13.2. The van der Waals surface area contributed by atoms with Gasteiger partial charge in [0.2, 0.25) is 5.43 Å². The molecule has 1 unspecified atom stereocenters. The molecule has 0 aliphatic carbocycles. The van der Waals surface area contributed by atoms with Gasteiger partial charge in [0, 0.05) is 11.8 Å². The van der Waals surface area contributed by atoms with E-state index in [2.05, 4.69) is 15.5 Å². The summed E-state index contributed by atoms with van der Waals surface area (Å²) in [4.78, 5) is 37.2. The Kier molecular flexibility index (Phi) is 7.97. The molecular weight excluding hydrogens is 476 g/mol. The average molecular weight is 505 g/mol. The van der Waals surface area contributed by atoms with Gasteiger partial charge in [0.25, 0.3) is 5.91 Å². The van der Waals surface area contributed by atoms with Gasteiger partial charge in [-0.1, -0.05) is 44.9 Å². The van der Waals surface area contributed by atoms with Crippen molar-refractivity contribution in [3.05, 3.63) is 70.8 Å². The second-order valence-electron chi connectivity index (χ2n) is 8.54. The minimum absolute atomic E-state index is 0.260. The molecule has 0 aliphatic rings. The number of amides is 1. The van der Waals surface area contributed by atoms with Crippen LogP contribution in [0.2, 0.25) is 0 Å². The molecule has 37 heavy (non-hydrogen) atoms. The number of carbonyl (C=O) groups excluding carboxylic acids is 1. The van der Waals surface area contributed by atoms with Crippen LogP contribution in [0, 0.1) is 0 Å². The van der Waals surface area contributed by atoms with Crippen molar-refractivity contribution in [2.45, 2.75) is 45.6 Å². The van der Waals surface area contributed by atoms with E-state index >= 15 is 0 Å². The Morgan fingerprint density at radius 3 is 2.68 bits per heavy atom. The van der Waals surface area contributed by atoms with Crippen LogP contribution in [-0.4, -0.2) is 44.4 Å². The lowest BCUT2D eigenvalue weighted by molar-refractivity contribution is -0.142. The quantitative estimate of drug-likeness (QED) is 0.315. The van der Waals surface area contributed by atoms with Gasteiger partial charge in [0.05, 0.1) is 5.39 Å². The Morgan fingerprint density at radius 1 is 1.19 bits per heavy atom. The highest BCUT2D eigenvalue weighted by atomic mass is 16.5. The van der Waals surface area contributed by atoms with E-state index < -0.39 is 17.9 Å². The molecule has 0 bridgehead atoms. The SMILES string of the molecule is CCCCC(NC(=O)COc1cc2occ(-c3nncn3-c3ccccc3)c(=O)c2cc1CC)C(=O)O. The summed E-state index contributed by atoms with van der Waals surface area (Å²) in [5, 5.41) is 20.3. The van der Waals surface area contributed by atoms with Crippen LogP contribution in [0.5, 0.6) is 5.75 Å². The third kappa shape index (κ3) is 5.69. The zero-order valence-corrected chi connectivity index (χ0v) is 20.6. The molecule has 0 spiro atoms. The number of carbonyl (C=O) groups is 2. The van der Waals surface area contributed by atoms with Gasteiger partial charge in [-0.3, -0.25) is 14.2 Å². The summed E-state index contributed by atoms with van der Waals surface area (Å²) in [5.41, 5.74) is 1.79. The molecule has 10 heteroatoms. The molecular formula is C27H28N4O6. The van der Waals surface area contributed by atoms with Crippen LogP contribution in [0.15, 0.2) is 64.3 Å². The first kappa shape index (κ1) is 25.6. The topological polar surface area (TPSA) is 137 Å². The normalized spacial score (nSPS) is 11.8. The summed E-state index contributed by atoms with van der Waals surface area (Å²) in [6.45, 7) is 3.49. The molecule has 2 aromatic heterocycles. The number of fused-ring (bicyclic) bond motifs is 1. The predicted octanol–water partition coefficient (Wildman–Crippen LogP) is 3.74. The Morgan fingerprint density at radius 2 is 1.97 bits per heavy atom. The minimum Gasteiger partial charge on any atom is -0.483 e. The molecule has 1 atom stereocenters. The number of benzene rings is 2. The summed E-state index contributed by atoms with van der Waals surface area (Å²) in [6, 6.07) is 11.7. The van der Waals surface area contributed by atoms with E-state index in [0.717, 1.165) is 12.1 Å². The average Bonchev–Trinajstić information content (AvgIpc) is 3.39. The van der Waals surface area contributed by atoms with Gasteiger partial charge in [-0.2, -0.15) is 0 Å². The molecule has 0 fully saturated rings. The fraction of sp³-hybridized carbons (Fsp3) is 0.296.